The molecule has 3 nitrogen and oxygen atoms in total. The van der Waals surface area contributed by atoms with Gasteiger partial charge in [0.15, 0.2) is 5.13 Å². The lowest BCUT2D eigenvalue weighted by Crippen LogP contribution is -2.26. The maximum Gasteiger partial charge on any atom is 0.185 e. The highest BCUT2D eigenvalue weighted by Crippen LogP contribution is 2.44. The molecule has 2 aliphatic rings. The minimum absolute atomic E-state index is 0.431. The summed E-state index contributed by atoms with van der Waals surface area (Å²) in [6.45, 7) is 10.1. The number of nitrogens with two attached hydrogens (primary N) is 1. The van der Waals surface area contributed by atoms with Crippen molar-refractivity contribution >= 4 is 16.5 Å². The minimum Gasteiger partial charge on any atom is -0.348 e. The summed E-state index contributed by atoms with van der Waals surface area (Å²) in [6, 6.07) is 0. The third-order valence-corrected chi connectivity index (χ3v) is 6.24. The molecule has 1 aliphatic heterocycles. The molecule has 1 aliphatic carbocycles. The van der Waals surface area contributed by atoms with Crippen molar-refractivity contribution < 1.29 is 0 Å². The first-order valence-corrected chi connectivity index (χ1v) is 9.25. The summed E-state index contributed by atoms with van der Waals surface area (Å²) < 4.78 is 0. The Labute approximate surface area is 132 Å². The second kappa shape index (κ2) is 5.88. The molecule has 2 heterocycles. The molecule has 118 valence electrons. The van der Waals surface area contributed by atoms with Crippen molar-refractivity contribution in [3.05, 3.63) is 10.6 Å². The molecule has 0 aromatic carbocycles. The van der Waals surface area contributed by atoms with Gasteiger partial charge in [0.1, 0.15) is 0 Å². The Hall–Kier alpha value is -0.610. The van der Waals surface area contributed by atoms with Gasteiger partial charge in [-0.1, -0.05) is 20.8 Å². The van der Waals surface area contributed by atoms with Gasteiger partial charge in [-0.2, -0.15) is 0 Å². The molecular formula is C17H29N3S. The molecule has 0 amide bonds. The number of thiazole rings is 1. The van der Waals surface area contributed by atoms with Crippen LogP contribution < -0.4 is 10.6 Å². The van der Waals surface area contributed by atoms with E-state index < -0.39 is 0 Å². The monoisotopic (exact) mass is 307 g/mol. The molecule has 2 fully saturated rings. The van der Waals surface area contributed by atoms with Gasteiger partial charge in [0.05, 0.1) is 5.69 Å². The van der Waals surface area contributed by atoms with E-state index in [4.69, 9.17) is 10.7 Å². The molecule has 1 unspecified atom stereocenters. The quantitative estimate of drug-likeness (QED) is 0.913. The Morgan fingerprint density at radius 3 is 2.57 bits per heavy atom. The molecule has 1 atom stereocenters. The Morgan fingerprint density at radius 1 is 1.19 bits per heavy atom. The van der Waals surface area contributed by atoms with Crippen LogP contribution in [-0.4, -0.2) is 18.1 Å². The van der Waals surface area contributed by atoms with Crippen molar-refractivity contribution in [2.24, 2.45) is 17.1 Å². The van der Waals surface area contributed by atoms with Gasteiger partial charge in [0.25, 0.3) is 0 Å². The molecule has 0 radical (unpaired) electrons. The zero-order valence-electron chi connectivity index (χ0n) is 13.7. The predicted molar refractivity (Wildman–Crippen MR) is 91.0 cm³/mol. The van der Waals surface area contributed by atoms with E-state index >= 15 is 0 Å². The van der Waals surface area contributed by atoms with Gasteiger partial charge in [0.2, 0.25) is 0 Å². The fraction of sp³-hybridized carbons (Fsp3) is 0.824. The Morgan fingerprint density at radius 2 is 1.95 bits per heavy atom. The van der Waals surface area contributed by atoms with Crippen molar-refractivity contribution in [2.75, 3.05) is 18.0 Å². The molecule has 1 aromatic heterocycles. The average molecular weight is 308 g/mol. The summed E-state index contributed by atoms with van der Waals surface area (Å²) in [5.74, 6) is 1.54. The van der Waals surface area contributed by atoms with E-state index in [2.05, 4.69) is 25.7 Å². The van der Waals surface area contributed by atoms with Crippen molar-refractivity contribution in [2.45, 2.75) is 65.3 Å². The van der Waals surface area contributed by atoms with Crippen LogP contribution in [0.15, 0.2) is 0 Å². The van der Waals surface area contributed by atoms with Crippen molar-refractivity contribution in [3.63, 3.8) is 0 Å². The molecule has 3 rings (SSSR count). The summed E-state index contributed by atoms with van der Waals surface area (Å²) in [4.78, 5) is 8.80. The van der Waals surface area contributed by atoms with E-state index in [0.717, 1.165) is 19.0 Å². The van der Waals surface area contributed by atoms with Gasteiger partial charge in [-0.05, 0) is 43.4 Å². The third kappa shape index (κ3) is 3.42. The van der Waals surface area contributed by atoms with Crippen LogP contribution in [0.4, 0.5) is 5.13 Å². The standard InChI is InChI=1S/C17H29N3S/c1-17(2,3)13-5-4-9-20(10-8-13)16-19-15(12-6-7-12)14(11-18)21-16/h12-13H,4-11,18H2,1-3H3. The van der Waals surface area contributed by atoms with E-state index in [1.807, 2.05) is 11.3 Å². The Kier molecular flexibility index (Phi) is 4.28. The van der Waals surface area contributed by atoms with Crippen LogP contribution >= 0.6 is 11.3 Å². The predicted octanol–water partition coefficient (Wildman–Crippen LogP) is 4.13. The molecule has 1 saturated heterocycles. The molecule has 0 spiro atoms. The summed E-state index contributed by atoms with van der Waals surface area (Å²) in [7, 11) is 0. The highest BCUT2D eigenvalue weighted by molar-refractivity contribution is 7.15. The minimum atomic E-state index is 0.431. The van der Waals surface area contributed by atoms with E-state index in [1.165, 1.54) is 47.8 Å². The molecule has 4 heteroatoms. The topological polar surface area (TPSA) is 42.2 Å². The van der Waals surface area contributed by atoms with Crippen LogP contribution in [0.5, 0.6) is 0 Å². The van der Waals surface area contributed by atoms with Crippen LogP contribution in [-0.2, 0) is 6.54 Å². The molecule has 1 saturated carbocycles. The van der Waals surface area contributed by atoms with Crippen LogP contribution in [0.2, 0.25) is 0 Å². The SMILES string of the molecule is CC(C)(C)C1CCCN(c2nc(C3CC3)c(CN)s2)CC1. The number of anilines is 1. The lowest BCUT2D eigenvalue weighted by atomic mass is 9.77. The van der Waals surface area contributed by atoms with Gasteiger partial charge in [-0.15, -0.1) is 11.3 Å². The van der Waals surface area contributed by atoms with Gasteiger partial charge in [0, 0.05) is 30.4 Å². The molecule has 2 N–H and O–H groups in total. The maximum atomic E-state index is 5.92. The van der Waals surface area contributed by atoms with E-state index in [9.17, 15) is 0 Å². The van der Waals surface area contributed by atoms with Gasteiger partial charge < -0.3 is 10.6 Å². The number of nitrogens with zero attached hydrogens (tertiary/aromatic N) is 2. The Bertz CT molecular complexity index is 485. The first-order valence-electron chi connectivity index (χ1n) is 8.43. The van der Waals surface area contributed by atoms with Crippen LogP contribution in [0.3, 0.4) is 0 Å². The third-order valence-electron chi connectivity index (χ3n) is 5.09. The van der Waals surface area contributed by atoms with E-state index in [1.54, 1.807) is 0 Å². The van der Waals surface area contributed by atoms with Crippen LogP contribution in [0.1, 0.15) is 69.4 Å². The largest absolute Gasteiger partial charge is 0.348 e. The van der Waals surface area contributed by atoms with E-state index in [-0.39, 0.29) is 0 Å². The smallest absolute Gasteiger partial charge is 0.185 e. The maximum absolute atomic E-state index is 5.92. The second-order valence-corrected chi connectivity index (χ2v) is 8.83. The van der Waals surface area contributed by atoms with Crippen molar-refractivity contribution in [1.29, 1.82) is 0 Å². The highest BCUT2D eigenvalue weighted by atomic mass is 32.1. The van der Waals surface area contributed by atoms with Gasteiger partial charge >= 0.3 is 0 Å². The lowest BCUT2D eigenvalue weighted by Gasteiger charge is -2.29. The summed E-state index contributed by atoms with van der Waals surface area (Å²) in [5, 5.41) is 1.23. The van der Waals surface area contributed by atoms with Gasteiger partial charge in [-0.25, -0.2) is 4.98 Å². The van der Waals surface area contributed by atoms with Gasteiger partial charge in [-0.3, -0.25) is 0 Å². The molecule has 1 aromatic rings. The number of hydrogen-bond donors (Lipinski definition) is 1. The van der Waals surface area contributed by atoms with E-state index in [0.29, 0.717) is 17.9 Å². The fourth-order valence-corrected chi connectivity index (χ4v) is 4.54. The lowest BCUT2D eigenvalue weighted by molar-refractivity contribution is 0.220. The summed E-state index contributed by atoms with van der Waals surface area (Å²) >= 11 is 1.84. The fourth-order valence-electron chi connectivity index (χ4n) is 3.46. The zero-order valence-corrected chi connectivity index (χ0v) is 14.5. The number of rotatable bonds is 3. The summed E-state index contributed by atoms with van der Waals surface area (Å²) in [6.07, 6.45) is 6.55. The highest BCUT2D eigenvalue weighted by Gasteiger charge is 2.31. The average Bonchev–Trinajstić information content (AvgIpc) is 3.22. The van der Waals surface area contributed by atoms with Crippen molar-refractivity contribution in [1.82, 2.24) is 4.98 Å². The summed E-state index contributed by atoms with van der Waals surface area (Å²) in [5.41, 5.74) is 7.67. The second-order valence-electron chi connectivity index (χ2n) is 7.76. The Balaban J connectivity index is 1.72. The number of aromatic nitrogens is 1. The zero-order chi connectivity index (χ0) is 15.0. The molecule has 21 heavy (non-hydrogen) atoms. The number of hydrogen-bond acceptors (Lipinski definition) is 4. The molecular weight excluding hydrogens is 278 g/mol. The normalized spacial score (nSPS) is 24.2. The van der Waals surface area contributed by atoms with Crippen LogP contribution in [0.25, 0.3) is 0 Å². The first-order chi connectivity index (χ1) is 9.99. The molecule has 0 bridgehead atoms. The van der Waals surface area contributed by atoms with Crippen LogP contribution in [0, 0.1) is 11.3 Å². The van der Waals surface area contributed by atoms with Crippen molar-refractivity contribution in [3.8, 4) is 0 Å². The first kappa shape index (κ1) is 15.3.